The monoisotopic (exact) mass is 513 g/mol. The topological polar surface area (TPSA) is 61.4 Å². The van der Waals surface area contributed by atoms with Crippen LogP contribution in [0.4, 0.5) is 11.5 Å². The van der Waals surface area contributed by atoms with Gasteiger partial charge in [-0.1, -0.05) is 28.1 Å². The number of nitrogens with one attached hydrogen (secondary N) is 1. The first-order chi connectivity index (χ1) is 15.2. The van der Waals surface area contributed by atoms with Crippen molar-refractivity contribution in [2.75, 3.05) is 25.5 Å². The summed E-state index contributed by atoms with van der Waals surface area (Å²) in [6, 6.07) is 8.02. The summed E-state index contributed by atoms with van der Waals surface area (Å²) in [5.41, 5.74) is 2.30. The lowest BCUT2D eigenvalue weighted by Crippen LogP contribution is -2.38. The molecule has 2 aromatic heterocycles. The second-order valence-electron chi connectivity index (χ2n) is 9.01. The minimum Gasteiger partial charge on any atom is -0.340 e. The van der Waals surface area contributed by atoms with Crippen molar-refractivity contribution < 1.29 is 4.79 Å². The highest BCUT2D eigenvalue weighted by molar-refractivity contribution is 9.10. The fourth-order valence-electron chi connectivity index (χ4n) is 3.60. The molecule has 6 nitrogen and oxygen atoms in total. The molecule has 1 aliphatic heterocycles. The largest absolute Gasteiger partial charge is 0.340 e. The van der Waals surface area contributed by atoms with Crippen molar-refractivity contribution in [2.24, 2.45) is 0 Å². The van der Waals surface area contributed by atoms with E-state index >= 15 is 0 Å². The van der Waals surface area contributed by atoms with Gasteiger partial charge in [-0.2, -0.15) is 0 Å². The first-order valence-electron chi connectivity index (χ1n) is 10.7. The van der Waals surface area contributed by atoms with Gasteiger partial charge in [0.1, 0.15) is 17.0 Å². The molecular weight excluding hydrogens is 486 g/mol. The van der Waals surface area contributed by atoms with Crippen molar-refractivity contribution >= 4 is 54.9 Å². The number of likely N-dealkylation sites (N-methyl/N-ethyl adjacent to an activating group) is 1. The molecule has 0 saturated carbocycles. The number of hydrogen-bond donors (Lipinski definition) is 1. The van der Waals surface area contributed by atoms with Crippen LogP contribution >= 0.6 is 27.3 Å². The number of rotatable bonds is 5. The van der Waals surface area contributed by atoms with Gasteiger partial charge in [0.2, 0.25) is 5.91 Å². The minimum atomic E-state index is 0.0639. The van der Waals surface area contributed by atoms with Crippen LogP contribution in [-0.4, -0.2) is 51.4 Å². The number of anilines is 2. The van der Waals surface area contributed by atoms with Crippen LogP contribution in [0.25, 0.3) is 10.2 Å². The zero-order valence-corrected chi connectivity index (χ0v) is 21.3. The van der Waals surface area contributed by atoms with E-state index in [4.69, 9.17) is 0 Å². The number of amides is 1. The second kappa shape index (κ2) is 9.29. The predicted molar refractivity (Wildman–Crippen MR) is 135 cm³/mol. The molecule has 3 aromatic rings. The fraction of sp³-hybridized carbons (Fsp3) is 0.375. The van der Waals surface area contributed by atoms with Crippen molar-refractivity contribution in [2.45, 2.75) is 39.3 Å². The first-order valence-corrected chi connectivity index (χ1v) is 12.3. The van der Waals surface area contributed by atoms with Crippen molar-refractivity contribution in [1.29, 1.82) is 0 Å². The number of carbonyl (C=O) groups excluding carboxylic acids is 1. The highest BCUT2D eigenvalue weighted by atomic mass is 79.9. The van der Waals surface area contributed by atoms with E-state index in [1.807, 2.05) is 35.2 Å². The molecule has 3 heterocycles. The van der Waals surface area contributed by atoms with E-state index < -0.39 is 0 Å². The molecule has 1 aromatic carbocycles. The lowest BCUT2D eigenvalue weighted by atomic mass is 10.0. The quantitative estimate of drug-likeness (QED) is 0.464. The van der Waals surface area contributed by atoms with Gasteiger partial charge in [0, 0.05) is 39.7 Å². The Bertz CT molecular complexity index is 1170. The summed E-state index contributed by atoms with van der Waals surface area (Å²) < 4.78 is 1.01. The number of fused-ring (bicyclic) bond motifs is 3. The van der Waals surface area contributed by atoms with Crippen LogP contribution in [0, 0.1) is 0 Å². The molecule has 0 unspecified atom stereocenters. The summed E-state index contributed by atoms with van der Waals surface area (Å²) >= 11 is 5.17. The van der Waals surface area contributed by atoms with E-state index in [1.165, 1.54) is 10.4 Å². The van der Waals surface area contributed by atoms with Crippen LogP contribution in [0.2, 0.25) is 0 Å². The molecule has 1 N–H and O–H groups in total. The highest BCUT2D eigenvalue weighted by Crippen LogP contribution is 2.38. The predicted octanol–water partition coefficient (Wildman–Crippen LogP) is 5.37. The lowest BCUT2D eigenvalue weighted by Gasteiger charge is -2.31. The maximum absolute atomic E-state index is 12.8. The molecule has 0 bridgehead atoms. The summed E-state index contributed by atoms with van der Waals surface area (Å²) in [6.07, 6.45) is 6.07. The molecular formula is C24H28BrN5OS. The van der Waals surface area contributed by atoms with Crippen molar-refractivity contribution in [3.05, 3.63) is 57.7 Å². The Morgan fingerprint density at radius 3 is 2.91 bits per heavy atom. The Kier molecular flexibility index (Phi) is 6.65. The smallest absolute Gasteiger partial charge is 0.246 e. The molecule has 0 atom stereocenters. The molecule has 8 heteroatoms. The number of nitrogens with zero attached hydrogens (tertiary/aromatic N) is 4. The third kappa shape index (κ3) is 5.03. The number of thiophene rings is 1. The zero-order valence-electron chi connectivity index (χ0n) is 18.9. The summed E-state index contributed by atoms with van der Waals surface area (Å²) in [4.78, 5) is 28.1. The van der Waals surface area contributed by atoms with E-state index in [2.05, 4.69) is 63.9 Å². The summed E-state index contributed by atoms with van der Waals surface area (Å²) in [7, 11) is 2.07. The molecule has 1 amide bonds. The molecule has 168 valence electrons. The third-order valence-corrected chi connectivity index (χ3v) is 7.44. The molecule has 0 radical (unpaired) electrons. The number of benzene rings is 1. The number of carbonyl (C=O) groups is 1. The third-order valence-electron chi connectivity index (χ3n) is 5.82. The maximum Gasteiger partial charge on any atom is 0.246 e. The van der Waals surface area contributed by atoms with Gasteiger partial charge < -0.3 is 10.2 Å². The fourth-order valence-corrected chi connectivity index (χ4v) is 5.21. The number of hydrogen-bond acceptors (Lipinski definition) is 6. The van der Waals surface area contributed by atoms with Gasteiger partial charge >= 0.3 is 0 Å². The van der Waals surface area contributed by atoms with Crippen LogP contribution in [-0.2, 0) is 17.8 Å². The Hall–Kier alpha value is -2.29. The number of halogens is 1. The molecule has 1 aliphatic rings. The molecule has 0 aliphatic carbocycles. The molecule has 32 heavy (non-hydrogen) atoms. The van der Waals surface area contributed by atoms with Gasteiger partial charge in [0.15, 0.2) is 0 Å². The van der Waals surface area contributed by atoms with Crippen LogP contribution in [0.3, 0.4) is 0 Å². The second-order valence-corrected chi connectivity index (χ2v) is 11.0. The van der Waals surface area contributed by atoms with E-state index in [1.54, 1.807) is 23.7 Å². The standard InChI is InChI=1S/C24H28BrN5OS/c1-24(2,3)29(4)11-6-9-20(31)30-12-10-18-19(14-30)32-23-21(18)22(26-15-27-23)28-17-8-5-7-16(25)13-17/h5-9,13,15H,10-12,14H2,1-4H3,(H,26,27,28). The van der Waals surface area contributed by atoms with Gasteiger partial charge in [0.05, 0.1) is 11.9 Å². The number of aromatic nitrogens is 2. The van der Waals surface area contributed by atoms with Gasteiger partial charge in [0.25, 0.3) is 0 Å². The van der Waals surface area contributed by atoms with Crippen molar-refractivity contribution in [1.82, 2.24) is 19.8 Å². The van der Waals surface area contributed by atoms with Crippen LogP contribution in [0.15, 0.2) is 47.2 Å². The Morgan fingerprint density at radius 2 is 2.16 bits per heavy atom. The summed E-state index contributed by atoms with van der Waals surface area (Å²) in [6.45, 7) is 8.56. The van der Waals surface area contributed by atoms with E-state index in [-0.39, 0.29) is 11.4 Å². The van der Waals surface area contributed by atoms with Gasteiger partial charge in [-0.05, 0) is 58.0 Å². The average Bonchev–Trinajstić information content (AvgIpc) is 3.11. The Labute approximate surface area is 201 Å². The van der Waals surface area contributed by atoms with E-state index in [9.17, 15) is 4.79 Å². The van der Waals surface area contributed by atoms with Crippen molar-refractivity contribution in [3.8, 4) is 0 Å². The molecule has 0 saturated heterocycles. The van der Waals surface area contributed by atoms with Gasteiger partial charge in [-0.15, -0.1) is 11.3 Å². The summed E-state index contributed by atoms with van der Waals surface area (Å²) in [5.74, 6) is 0.879. The highest BCUT2D eigenvalue weighted by Gasteiger charge is 2.25. The SMILES string of the molecule is CN(CC=CC(=O)N1CCc2c(sc3ncnc(Nc4cccc(Br)c4)c23)C1)C(C)(C)C. The van der Waals surface area contributed by atoms with Crippen LogP contribution < -0.4 is 5.32 Å². The van der Waals surface area contributed by atoms with Crippen LogP contribution in [0.1, 0.15) is 31.2 Å². The first kappa shape index (κ1) is 22.9. The van der Waals surface area contributed by atoms with Crippen molar-refractivity contribution in [3.63, 3.8) is 0 Å². The minimum absolute atomic E-state index is 0.0639. The van der Waals surface area contributed by atoms with E-state index in [0.29, 0.717) is 13.1 Å². The Morgan fingerprint density at radius 1 is 1.34 bits per heavy atom. The van der Waals surface area contributed by atoms with E-state index in [0.717, 1.165) is 39.2 Å². The van der Waals surface area contributed by atoms with Gasteiger partial charge in [-0.3, -0.25) is 9.69 Å². The normalized spacial score (nSPS) is 14.4. The lowest BCUT2D eigenvalue weighted by molar-refractivity contribution is -0.126. The van der Waals surface area contributed by atoms with Gasteiger partial charge in [-0.25, -0.2) is 9.97 Å². The molecule has 4 rings (SSSR count). The molecule has 0 spiro atoms. The van der Waals surface area contributed by atoms with Crippen LogP contribution in [0.5, 0.6) is 0 Å². The summed E-state index contributed by atoms with van der Waals surface area (Å²) in [5, 5.41) is 4.51. The average molecular weight is 514 g/mol. The zero-order chi connectivity index (χ0) is 22.9. The maximum atomic E-state index is 12.8. The molecule has 0 fully saturated rings. The Balaban J connectivity index is 1.51.